The number of aromatic nitrogens is 7. The van der Waals surface area contributed by atoms with E-state index in [9.17, 15) is 0 Å². The van der Waals surface area contributed by atoms with Crippen molar-refractivity contribution in [2.75, 3.05) is 13.2 Å². The number of hydrogen-bond donors (Lipinski definition) is 1. The lowest BCUT2D eigenvalue weighted by molar-refractivity contribution is 0.201. The van der Waals surface area contributed by atoms with E-state index >= 15 is 0 Å². The van der Waals surface area contributed by atoms with Crippen molar-refractivity contribution in [3.63, 3.8) is 0 Å². The van der Waals surface area contributed by atoms with E-state index in [1.165, 1.54) is 0 Å². The normalized spacial score (nSPS) is 11.3. The smallest absolute Gasteiger partial charge is 0.221 e. The van der Waals surface area contributed by atoms with Crippen LogP contribution < -0.4 is 4.74 Å². The van der Waals surface area contributed by atoms with E-state index in [1.54, 1.807) is 29.3 Å². The second kappa shape index (κ2) is 8.41. The average molecular weight is 413 g/mol. The van der Waals surface area contributed by atoms with Crippen LogP contribution in [0.25, 0.3) is 22.2 Å². The van der Waals surface area contributed by atoms with Gasteiger partial charge in [0.25, 0.3) is 0 Å². The summed E-state index contributed by atoms with van der Waals surface area (Å²) in [5, 5.41) is 18.4. The van der Waals surface area contributed by atoms with Gasteiger partial charge in [-0.3, -0.25) is 9.97 Å². The fraction of sp³-hybridized carbons (Fsp3) is 0.182. The third-order valence-corrected chi connectivity index (χ3v) is 4.79. The van der Waals surface area contributed by atoms with Gasteiger partial charge in [-0.25, -0.2) is 14.6 Å². The van der Waals surface area contributed by atoms with Gasteiger partial charge in [0.05, 0.1) is 36.3 Å². The third kappa shape index (κ3) is 4.17. The van der Waals surface area contributed by atoms with Gasteiger partial charge in [-0.1, -0.05) is 17.3 Å². The Hall–Kier alpha value is -3.98. The van der Waals surface area contributed by atoms with Gasteiger partial charge in [0, 0.05) is 30.3 Å². The van der Waals surface area contributed by atoms with E-state index in [1.807, 2.05) is 30.3 Å². The molecule has 0 unspecified atom stereocenters. The van der Waals surface area contributed by atoms with Crippen LogP contribution in [0, 0.1) is 0 Å². The third-order valence-electron chi connectivity index (χ3n) is 4.79. The molecule has 0 radical (unpaired) electrons. The second-order valence-corrected chi connectivity index (χ2v) is 7.02. The van der Waals surface area contributed by atoms with Gasteiger partial charge in [-0.05, 0) is 29.8 Å². The molecule has 1 aromatic carbocycles. The number of fused-ring (bicyclic) bond motifs is 2. The summed E-state index contributed by atoms with van der Waals surface area (Å²) in [6, 6.07) is 13.7. The zero-order chi connectivity index (χ0) is 21.0. The molecule has 0 saturated heterocycles. The van der Waals surface area contributed by atoms with Crippen molar-refractivity contribution >= 4 is 22.2 Å². The van der Waals surface area contributed by atoms with Crippen molar-refractivity contribution in [2.45, 2.75) is 13.0 Å². The molecule has 5 rings (SSSR count). The molecule has 1 N–H and O–H groups in total. The first-order valence-corrected chi connectivity index (χ1v) is 9.86. The van der Waals surface area contributed by atoms with Crippen LogP contribution in [0.2, 0.25) is 0 Å². The van der Waals surface area contributed by atoms with Crippen molar-refractivity contribution in [1.29, 1.82) is 0 Å². The van der Waals surface area contributed by atoms with Gasteiger partial charge < -0.3 is 9.84 Å². The molecular formula is C22H19N7O2. The van der Waals surface area contributed by atoms with Crippen LogP contribution >= 0.6 is 0 Å². The van der Waals surface area contributed by atoms with Crippen molar-refractivity contribution in [1.82, 2.24) is 34.9 Å². The van der Waals surface area contributed by atoms with Gasteiger partial charge in [0.15, 0.2) is 5.65 Å². The van der Waals surface area contributed by atoms with E-state index in [2.05, 4.69) is 31.3 Å². The number of aliphatic hydroxyl groups excluding tert-OH is 1. The van der Waals surface area contributed by atoms with Gasteiger partial charge in [0.1, 0.15) is 12.4 Å². The standard InChI is InChI=1S/C22H19N7O2/c30-8-9-31-19-5-7-23-17(12-19)11-18-13-25-21-22(26-18)29(28-27-21)14-15-3-4-20-16(10-15)2-1-6-24-20/h1-7,10,12-13,30H,8-9,11,14H2. The van der Waals surface area contributed by atoms with E-state index in [-0.39, 0.29) is 13.2 Å². The van der Waals surface area contributed by atoms with Gasteiger partial charge in [0.2, 0.25) is 5.65 Å². The number of nitrogens with zero attached hydrogens (tertiary/aromatic N) is 7. The number of rotatable bonds is 7. The summed E-state index contributed by atoms with van der Waals surface area (Å²) in [6.07, 6.45) is 5.64. The number of ether oxygens (including phenoxy) is 1. The Morgan fingerprint density at radius 1 is 0.968 bits per heavy atom. The van der Waals surface area contributed by atoms with Gasteiger partial charge >= 0.3 is 0 Å². The van der Waals surface area contributed by atoms with Crippen LogP contribution in [0.15, 0.2) is 61.1 Å². The molecular weight excluding hydrogens is 394 g/mol. The minimum atomic E-state index is -0.0372. The quantitative estimate of drug-likeness (QED) is 0.432. The van der Waals surface area contributed by atoms with E-state index in [4.69, 9.17) is 14.8 Å². The summed E-state index contributed by atoms with van der Waals surface area (Å²) in [4.78, 5) is 17.9. The number of benzene rings is 1. The SMILES string of the molecule is OCCOc1ccnc(Cc2cnc3nnn(Cc4ccc5ncccc5c4)c3n2)c1. The van der Waals surface area contributed by atoms with Crippen molar-refractivity contribution in [3.8, 4) is 5.75 Å². The molecule has 0 saturated carbocycles. The molecule has 0 amide bonds. The summed E-state index contributed by atoms with van der Waals surface area (Å²) < 4.78 is 7.20. The minimum Gasteiger partial charge on any atom is -0.491 e. The molecule has 154 valence electrons. The van der Waals surface area contributed by atoms with Crippen LogP contribution in [0.4, 0.5) is 0 Å². The lowest BCUT2D eigenvalue weighted by atomic mass is 10.1. The monoisotopic (exact) mass is 413 g/mol. The first-order valence-electron chi connectivity index (χ1n) is 9.86. The molecule has 0 fully saturated rings. The fourth-order valence-corrected chi connectivity index (χ4v) is 3.37. The average Bonchev–Trinajstić information content (AvgIpc) is 3.20. The van der Waals surface area contributed by atoms with Crippen LogP contribution in [-0.4, -0.2) is 53.3 Å². The summed E-state index contributed by atoms with van der Waals surface area (Å²) in [5.74, 6) is 0.658. The first-order chi connectivity index (χ1) is 15.3. The molecule has 0 spiro atoms. The molecule has 4 aromatic heterocycles. The number of hydrogen-bond acceptors (Lipinski definition) is 8. The van der Waals surface area contributed by atoms with Crippen LogP contribution in [0.1, 0.15) is 17.0 Å². The maximum atomic E-state index is 8.92. The Kier molecular flexibility index (Phi) is 5.16. The van der Waals surface area contributed by atoms with E-state index in [0.29, 0.717) is 30.0 Å². The lowest BCUT2D eigenvalue weighted by Gasteiger charge is -2.07. The maximum absolute atomic E-state index is 8.92. The lowest BCUT2D eigenvalue weighted by Crippen LogP contribution is -2.05. The summed E-state index contributed by atoms with van der Waals surface area (Å²) >= 11 is 0. The zero-order valence-corrected chi connectivity index (χ0v) is 16.6. The first kappa shape index (κ1) is 19.0. The second-order valence-electron chi connectivity index (χ2n) is 7.02. The highest BCUT2D eigenvalue weighted by Gasteiger charge is 2.11. The predicted molar refractivity (Wildman–Crippen MR) is 114 cm³/mol. The molecule has 0 aliphatic rings. The van der Waals surface area contributed by atoms with E-state index < -0.39 is 0 Å². The van der Waals surface area contributed by atoms with Gasteiger partial charge in [-0.15, -0.1) is 5.10 Å². The molecule has 31 heavy (non-hydrogen) atoms. The van der Waals surface area contributed by atoms with Crippen LogP contribution in [-0.2, 0) is 13.0 Å². The summed E-state index contributed by atoms with van der Waals surface area (Å²) in [7, 11) is 0. The molecule has 0 atom stereocenters. The summed E-state index contributed by atoms with van der Waals surface area (Å²) in [5.41, 5.74) is 4.70. The molecule has 9 heteroatoms. The van der Waals surface area contributed by atoms with Crippen molar-refractivity contribution in [2.24, 2.45) is 0 Å². The highest BCUT2D eigenvalue weighted by atomic mass is 16.5. The van der Waals surface area contributed by atoms with Crippen LogP contribution in [0.3, 0.4) is 0 Å². The molecule has 5 aromatic rings. The highest BCUT2D eigenvalue weighted by molar-refractivity contribution is 5.79. The number of aliphatic hydroxyl groups is 1. The minimum absolute atomic E-state index is 0.0372. The molecule has 0 aliphatic carbocycles. The fourth-order valence-electron chi connectivity index (χ4n) is 3.37. The van der Waals surface area contributed by atoms with E-state index in [0.717, 1.165) is 27.9 Å². The Labute approximate surface area is 177 Å². The van der Waals surface area contributed by atoms with Crippen LogP contribution in [0.5, 0.6) is 5.75 Å². The maximum Gasteiger partial charge on any atom is 0.221 e. The van der Waals surface area contributed by atoms with Gasteiger partial charge in [-0.2, -0.15) is 0 Å². The molecule has 0 aliphatic heterocycles. The Morgan fingerprint density at radius 3 is 2.87 bits per heavy atom. The number of pyridine rings is 2. The molecule has 9 nitrogen and oxygen atoms in total. The van der Waals surface area contributed by atoms with Crippen molar-refractivity contribution < 1.29 is 9.84 Å². The predicted octanol–water partition coefficient (Wildman–Crippen LogP) is 2.17. The molecule has 0 bridgehead atoms. The summed E-state index contributed by atoms with van der Waals surface area (Å²) in [6.45, 7) is 0.734. The largest absolute Gasteiger partial charge is 0.491 e. The zero-order valence-electron chi connectivity index (χ0n) is 16.6. The Bertz CT molecular complexity index is 1350. The Morgan fingerprint density at radius 2 is 1.94 bits per heavy atom. The highest BCUT2D eigenvalue weighted by Crippen LogP contribution is 2.17. The Balaban J connectivity index is 1.40. The van der Waals surface area contributed by atoms with Crippen molar-refractivity contribution in [3.05, 3.63) is 78.0 Å². The topological polar surface area (TPSA) is 112 Å². The molecule has 4 heterocycles.